The van der Waals surface area contributed by atoms with Crippen LogP contribution in [0.5, 0.6) is 11.5 Å². The monoisotopic (exact) mass is 356 g/mol. The van der Waals surface area contributed by atoms with Crippen molar-refractivity contribution in [1.82, 2.24) is 0 Å². The van der Waals surface area contributed by atoms with Crippen LogP contribution in [-0.4, -0.2) is 23.8 Å². The number of anilines is 1. The van der Waals surface area contributed by atoms with E-state index >= 15 is 0 Å². The Kier molecular flexibility index (Phi) is 5.42. The van der Waals surface area contributed by atoms with Crippen molar-refractivity contribution in [3.8, 4) is 11.5 Å². The number of rotatable bonds is 6. The number of nitro benzene ring substituents is 1. The SMILES string of the molecule is O=C(COc1ccc(OC(F)(F)F)cc1)Nc1cccc([N+](=O)[O-])c1. The molecule has 25 heavy (non-hydrogen) atoms. The fourth-order valence-corrected chi connectivity index (χ4v) is 1.78. The van der Waals surface area contributed by atoms with E-state index in [0.717, 1.165) is 12.1 Å². The lowest BCUT2D eigenvalue weighted by atomic mass is 10.3. The third-order valence-corrected chi connectivity index (χ3v) is 2.77. The zero-order chi connectivity index (χ0) is 18.4. The lowest BCUT2D eigenvalue weighted by Gasteiger charge is -2.10. The first kappa shape index (κ1) is 18.0. The summed E-state index contributed by atoms with van der Waals surface area (Å²) >= 11 is 0. The van der Waals surface area contributed by atoms with E-state index in [4.69, 9.17) is 4.74 Å². The molecule has 0 aliphatic carbocycles. The second-order valence-corrected chi connectivity index (χ2v) is 4.66. The van der Waals surface area contributed by atoms with Crippen molar-refractivity contribution in [2.75, 3.05) is 11.9 Å². The molecule has 0 fully saturated rings. The van der Waals surface area contributed by atoms with Gasteiger partial charge >= 0.3 is 6.36 Å². The van der Waals surface area contributed by atoms with Gasteiger partial charge in [-0.15, -0.1) is 13.2 Å². The van der Waals surface area contributed by atoms with Crippen LogP contribution in [0.2, 0.25) is 0 Å². The zero-order valence-corrected chi connectivity index (χ0v) is 12.4. The Morgan fingerprint density at radius 2 is 1.76 bits per heavy atom. The summed E-state index contributed by atoms with van der Waals surface area (Å²) in [5.74, 6) is -0.847. The zero-order valence-electron chi connectivity index (χ0n) is 12.4. The van der Waals surface area contributed by atoms with E-state index in [2.05, 4.69) is 10.1 Å². The number of hydrogen-bond acceptors (Lipinski definition) is 5. The van der Waals surface area contributed by atoms with Crippen LogP contribution in [0.3, 0.4) is 0 Å². The Balaban J connectivity index is 1.87. The van der Waals surface area contributed by atoms with Gasteiger partial charge in [0, 0.05) is 17.8 Å². The van der Waals surface area contributed by atoms with Crippen molar-refractivity contribution in [3.05, 3.63) is 58.6 Å². The van der Waals surface area contributed by atoms with E-state index < -0.39 is 29.5 Å². The van der Waals surface area contributed by atoms with Gasteiger partial charge in [0.25, 0.3) is 11.6 Å². The lowest BCUT2D eigenvalue weighted by molar-refractivity contribution is -0.384. The quantitative estimate of drug-likeness (QED) is 0.632. The molecule has 10 heteroatoms. The van der Waals surface area contributed by atoms with Crippen LogP contribution in [0.1, 0.15) is 0 Å². The molecular weight excluding hydrogens is 345 g/mol. The topological polar surface area (TPSA) is 90.7 Å². The molecule has 2 aromatic rings. The third-order valence-electron chi connectivity index (χ3n) is 2.77. The summed E-state index contributed by atoms with van der Waals surface area (Å²) in [6, 6.07) is 9.84. The van der Waals surface area contributed by atoms with Crippen LogP contribution in [0.15, 0.2) is 48.5 Å². The van der Waals surface area contributed by atoms with Gasteiger partial charge in [-0.25, -0.2) is 0 Å². The minimum absolute atomic E-state index is 0.156. The van der Waals surface area contributed by atoms with Gasteiger partial charge in [0.1, 0.15) is 11.5 Å². The van der Waals surface area contributed by atoms with E-state index in [1.165, 1.54) is 36.4 Å². The first-order valence-corrected chi connectivity index (χ1v) is 6.76. The highest BCUT2D eigenvalue weighted by molar-refractivity contribution is 5.92. The molecule has 1 N–H and O–H groups in total. The number of carbonyl (C=O) groups excluding carboxylic acids is 1. The van der Waals surface area contributed by atoms with Crippen LogP contribution in [0.4, 0.5) is 24.5 Å². The highest BCUT2D eigenvalue weighted by Gasteiger charge is 2.30. The normalized spacial score (nSPS) is 10.8. The number of non-ortho nitro benzene ring substituents is 1. The van der Waals surface area contributed by atoms with Crippen molar-refractivity contribution >= 4 is 17.3 Å². The van der Waals surface area contributed by atoms with Crippen molar-refractivity contribution in [1.29, 1.82) is 0 Å². The molecule has 7 nitrogen and oxygen atoms in total. The summed E-state index contributed by atoms with van der Waals surface area (Å²) in [5, 5.41) is 13.1. The molecule has 132 valence electrons. The summed E-state index contributed by atoms with van der Waals surface area (Å²) in [6.45, 7) is -0.428. The van der Waals surface area contributed by atoms with Crippen LogP contribution in [0, 0.1) is 10.1 Å². The first-order chi connectivity index (χ1) is 11.7. The maximum Gasteiger partial charge on any atom is 0.573 e. The molecular formula is C15H11F3N2O5. The number of carbonyl (C=O) groups is 1. The van der Waals surface area contributed by atoms with Gasteiger partial charge in [0.05, 0.1) is 4.92 Å². The van der Waals surface area contributed by atoms with Gasteiger partial charge in [-0.1, -0.05) is 6.07 Å². The molecule has 0 saturated heterocycles. The molecule has 0 aromatic heterocycles. The predicted octanol–water partition coefficient (Wildman–Crippen LogP) is 3.51. The summed E-state index contributed by atoms with van der Waals surface area (Å²) in [5.41, 5.74) is 0.0377. The molecule has 0 radical (unpaired) electrons. The van der Waals surface area contributed by atoms with E-state index in [0.29, 0.717) is 0 Å². The van der Waals surface area contributed by atoms with E-state index in [1.807, 2.05) is 0 Å². The maximum atomic E-state index is 12.0. The summed E-state index contributed by atoms with van der Waals surface area (Å²) in [4.78, 5) is 21.8. The lowest BCUT2D eigenvalue weighted by Crippen LogP contribution is -2.20. The van der Waals surface area contributed by atoms with Gasteiger partial charge in [-0.3, -0.25) is 14.9 Å². The summed E-state index contributed by atoms with van der Waals surface area (Å²) in [6.07, 6.45) is -4.79. The van der Waals surface area contributed by atoms with Crippen LogP contribution >= 0.6 is 0 Å². The standard InChI is InChI=1S/C15H11F3N2O5/c16-15(17,18)25-13-6-4-12(5-7-13)24-9-14(21)19-10-2-1-3-11(8-10)20(22)23/h1-8H,9H2,(H,19,21). The molecule has 0 unspecified atom stereocenters. The van der Waals surface area contributed by atoms with Gasteiger partial charge in [0.2, 0.25) is 0 Å². The van der Waals surface area contributed by atoms with Crippen molar-refractivity contribution in [2.24, 2.45) is 0 Å². The highest BCUT2D eigenvalue weighted by atomic mass is 19.4. The number of nitrogens with zero attached hydrogens (tertiary/aromatic N) is 1. The van der Waals surface area contributed by atoms with Gasteiger partial charge < -0.3 is 14.8 Å². The second kappa shape index (κ2) is 7.51. The minimum Gasteiger partial charge on any atom is -0.484 e. The number of ether oxygens (including phenoxy) is 2. The average Bonchev–Trinajstić information content (AvgIpc) is 2.53. The molecule has 0 aliphatic heterocycles. The van der Waals surface area contributed by atoms with Crippen LogP contribution in [-0.2, 0) is 4.79 Å². The summed E-state index contributed by atoms with van der Waals surface area (Å²) < 4.78 is 44.9. The number of nitrogens with one attached hydrogen (secondary N) is 1. The molecule has 0 bridgehead atoms. The summed E-state index contributed by atoms with van der Waals surface area (Å²) in [7, 11) is 0. The Hall–Kier alpha value is -3.30. The molecule has 0 aliphatic rings. The number of halogens is 3. The van der Waals surface area contributed by atoms with Crippen LogP contribution < -0.4 is 14.8 Å². The number of alkyl halides is 3. The smallest absolute Gasteiger partial charge is 0.484 e. The van der Waals surface area contributed by atoms with Gasteiger partial charge in [-0.05, 0) is 30.3 Å². The predicted molar refractivity (Wildman–Crippen MR) is 80.3 cm³/mol. The van der Waals surface area contributed by atoms with Crippen molar-refractivity contribution < 1.29 is 32.4 Å². The van der Waals surface area contributed by atoms with Crippen molar-refractivity contribution in [2.45, 2.75) is 6.36 Å². The highest BCUT2D eigenvalue weighted by Crippen LogP contribution is 2.24. The average molecular weight is 356 g/mol. The number of hydrogen-bond donors (Lipinski definition) is 1. The third kappa shape index (κ3) is 6.01. The fourth-order valence-electron chi connectivity index (χ4n) is 1.78. The van der Waals surface area contributed by atoms with E-state index in [-0.39, 0.29) is 17.1 Å². The minimum atomic E-state index is -4.79. The maximum absolute atomic E-state index is 12.0. The number of nitro groups is 1. The van der Waals surface area contributed by atoms with E-state index in [1.54, 1.807) is 0 Å². The molecule has 0 heterocycles. The molecule has 0 spiro atoms. The fraction of sp³-hybridized carbons (Fsp3) is 0.133. The number of benzene rings is 2. The Bertz CT molecular complexity index is 763. The van der Waals surface area contributed by atoms with Gasteiger partial charge in [-0.2, -0.15) is 0 Å². The largest absolute Gasteiger partial charge is 0.573 e. The van der Waals surface area contributed by atoms with Gasteiger partial charge in [0.15, 0.2) is 6.61 Å². The molecule has 0 saturated carbocycles. The molecule has 1 amide bonds. The molecule has 2 rings (SSSR count). The van der Waals surface area contributed by atoms with E-state index in [9.17, 15) is 28.1 Å². The Labute approximate surface area is 139 Å². The van der Waals surface area contributed by atoms with Crippen molar-refractivity contribution in [3.63, 3.8) is 0 Å². The molecule has 2 aromatic carbocycles. The molecule has 0 atom stereocenters. The number of amides is 1. The Morgan fingerprint density at radius 3 is 2.36 bits per heavy atom. The first-order valence-electron chi connectivity index (χ1n) is 6.76. The Morgan fingerprint density at radius 1 is 1.12 bits per heavy atom. The van der Waals surface area contributed by atoms with Crippen LogP contribution in [0.25, 0.3) is 0 Å². The second-order valence-electron chi connectivity index (χ2n) is 4.66.